The van der Waals surface area contributed by atoms with E-state index in [9.17, 15) is 57.9 Å². The number of nitrogens with two attached hydrogens (primary N) is 1. The maximum absolute atomic E-state index is 12.5. The Morgan fingerprint density at radius 2 is 1.71 bits per heavy atom. The number of amides is 2. The molecule has 7 atom stereocenters. The summed E-state index contributed by atoms with van der Waals surface area (Å²) in [5, 5.41) is 26.2. The number of imidazole rings is 1. The van der Waals surface area contributed by atoms with E-state index in [0.29, 0.717) is 0 Å². The molecular formula is C24H36N7O17P3-4. The molecule has 51 heavy (non-hydrogen) atoms. The van der Waals surface area contributed by atoms with Crippen molar-refractivity contribution in [1.82, 2.24) is 30.2 Å². The first-order chi connectivity index (χ1) is 23.4. The van der Waals surface area contributed by atoms with Gasteiger partial charge in [-0.2, -0.15) is 0 Å². The van der Waals surface area contributed by atoms with Gasteiger partial charge >= 0.3 is 0 Å². The second kappa shape index (κ2) is 16.5. The van der Waals surface area contributed by atoms with Crippen molar-refractivity contribution >= 4 is 58.0 Å². The summed E-state index contributed by atoms with van der Waals surface area (Å²) in [7, 11) is -17.6. The summed E-state index contributed by atoms with van der Waals surface area (Å²) in [6, 6.07) is 0. The second-order valence-electron chi connectivity index (χ2n) is 12.0. The van der Waals surface area contributed by atoms with Gasteiger partial charge in [-0.1, -0.05) is 13.8 Å². The van der Waals surface area contributed by atoms with Crippen LogP contribution in [0, 0.1) is 5.41 Å². The number of aliphatic hydroxyl groups is 2. The molecule has 3 heterocycles. The number of Topliss-reactive ketones (excluding diaryl/α,β-unsaturated/α-hetero) is 1. The number of ketones is 1. The number of carbonyl (C=O) groups excluding carboxylic acids is 3. The molecule has 27 heteroatoms. The van der Waals surface area contributed by atoms with Gasteiger partial charge in [-0.25, -0.2) is 19.3 Å². The number of hydrogen-bond donors (Lipinski definition) is 5. The fraction of sp³-hybridized carbons (Fsp3) is 0.667. The summed E-state index contributed by atoms with van der Waals surface area (Å²) < 4.78 is 60.7. The van der Waals surface area contributed by atoms with E-state index >= 15 is 0 Å². The molecule has 0 aromatic carbocycles. The molecule has 1 aliphatic heterocycles. The molecular weight excluding hydrogens is 751 g/mol. The molecule has 0 aliphatic carbocycles. The molecule has 1 aliphatic rings. The highest BCUT2D eigenvalue weighted by atomic mass is 31.3. The number of nitrogen functional groups attached to an aromatic ring is 1. The average molecular weight is 788 g/mol. The number of nitrogens with one attached hydrogen (secondary N) is 2. The number of fused-ring (bicyclic) bond motifs is 1. The van der Waals surface area contributed by atoms with Crippen molar-refractivity contribution in [3.8, 4) is 0 Å². The van der Waals surface area contributed by atoms with Crippen molar-refractivity contribution in [2.24, 2.45) is 5.41 Å². The van der Waals surface area contributed by atoms with E-state index in [2.05, 4.69) is 43.5 Å². The molecule has 24 nitrogen and oxygen atoms in total. The Morgan fingerprint density at radius 1 is 1.08 bits per heavy atom. The maximum atomic E-state index is 12.5. The summed E-state index contributed by atoms with van der Waals surface area (Å²) in [4.78, 5) is 94.7. The van der Waals surface area contributed by atoms with Crippen molar-refractivity contribution in [2.45, 2.75) is 70.7 Å². The predicted molar refractivity (Wildman–Crippen MR) is 161 cm³/mol. The van der Waals surface area contributed by atoms with Crippen LogP contribution in [0.15, 0.2) is 12.7 Å². The Hall–Kier alpha value is -2.79. The summed E-state index contributed by atoms with van der Waals surface area (Å²) in [6.07, 6.45) is -5.96. The monoisotopic (exact) mass is 787 g/mol. The zero-order valence-electron chi connectivity index (χ0n) is 27.4. The van der Waals surface area contributed by atoms with Gasteiger partial charge < -0.3 is 69.0 Å². The van der Waals surface area contributed by atoms with E-state index in [0.717, 1.165) is 17.2 Å². The van der Waals surface area contributed by atoms with Crippen molar-refractivity contribution in [2.75, 3.05) is 32.0 Å². The summed E-state index contributed by atoms with van der Waals surface area (Å²) in [6.45, 7) is 2.49. The molecule has 1 saturated heterocycles. The largest absolute Gasteiger partial charge is 0.790 e. The highest BCUT2D eigenvalue weighted by Gasteiger charge is 2.55. The fourth-order valence-corrected chi connectivity index (χ4v) is 7.33. The van der Waals surface area contributed by atoms with Crippen LogP contribution in [0.1, 0.15) is 40.5 Å². The molecule has 2 amide bonds. The van der Waals surface area contributed by atoms with Gasteiger partial charge in [0, 0.05) is 31.3 Å². The zero-order chi connectivity index (χ0) is 38.6. The maximum Gasteiger partial charge on any atom is 0.274 e. The van der Waals surface area contributed by atoms with Gasteiger partial charge in [0.1, 0.15) is 42.0 Å². The third-order valence-electron chi connectivity index (χ3n) is 7.34. The van der Waals surface area contributed by atoms with Crippen LogP contribution in [-0.4, -0.2) is 98.0 Å². The van der Waals surface area contributed by atoms with E-state index in [4.69, 9.17) is 10.5 Å². The van der Waals surface area contributed by atoms with Gasteiger partial charge in [-0.15, -0.1) is 0 Å². The van der Waals surface area contributed by atoms with E-state index in [1.54, 1.807) is 0 Å². The quantitative estimate of drug-likeness (QED) is 0.0848. The lowest BCUT2D eigenvalue weighted by Crippen LogP contribution is -2.46. The van der Waals surface area contributed by atoms with Gasteiger partial charge in [0.05, 0.1) is 27.4 Å². The van der Waals surface area contributed by atoms with Gasteiger partial charge in [0.25, 0.3) is 15.6 Å². The molecule has 0 spiro atoms. The Labute approximate surface area is 289 Å². The molecule has 1 fully saturated rings. The van der Waals surface area contributed by atoms with E-state index < -0.39 is 84.1 Å². The molecule has 2 aromatic heterocycles. The highest BCUT2D eigenvalue weighted by molar-refractivity contribution is 7.59. The van der Waals surface area contributed by atoms with Gasteiger partial charge in [0.15, 0.2) is 17.2 Å². The minimum absolute atomic E-state index is 0.0329. The van der Waals surface area contributed by atoms with Crippen molar-refractivity contribution < 1.29 is 80.5 Å². The summed E-state index contributed by atoms with van der Waals surface area (Å²) in [5.41, 5.74) is 2.02. The first kappa shape index (κ1) is 42.6. The number of ether oxygens (including phenoxy) is 1. The number of nitrogens with zero attached hydrogens (tertiary/aromatic N) is 4. The smallest absolute Gasteiger partial charge is 0.274 e. The van der Waals surface area contributed by atoms with E-state index in [1.807, 2.05) is 0 Å². The molecule has 0 radical (unpaired) electrons. The van der Waals surface area contributed by atoms with E-state index in [1.165, 1.54) is 27.7 Å². The second-order valence-corrected chi connectivity index (χ2v) is 16.1. The number of carbonyl (C=O) groups is 3. The Kier molecular flexibility index (Phi) is 13.8. The molecule has 3 rings (SSSR count). The molecule has 2 aromatic rings. The lowest BCUT2D eigenvalue weighted by atomic mass is 9.87. The zero-order valence-corrected chi connectivity index (χ0v) is 30.1. The number of rotatable bonds is 19. The van der Waals surface area contributed by atoms with Gasteiger partial charge in [-0.3, -0.25) is 28.1 Å². The predicted octanol–water partition coefficient (Wildman–Crippen LogP) is -3.97. The molecule has 7 unspecified atom stereocenters. The highest BCUT2D eigenvalue weighted by Crippen LogP contribution is 2.56. The topological polar surface area (TPSA) is 375 Å². The first-order valence-corrected chi connectivity index (χ1v) is 19.1. The number of anilines is 1. The third kappa shape index (κ3) is 11.6. The minimum atomic E-state index is -5.92. The molecule has 0 bridgehead atoms. The number of aliphatic hydroxyl groups excluding tert-OH is 2. The molecule has 6 N–H and O–H groups in total. The van der Waals surface area contributed by atoms with Crippen molar-refractivity contribution in [3.63, 3.8) is 0 Å². The summed E-state index contributed by atoms with van der Waals surface area (Å²) >= 11 is 0. The lowest BCUT2D eigenvalue weighted by Gasteiger charge is -2.36. The van der Waals surface area contributed by atoms with Crippen molar-refractivity contribution in [1.29, 1.82) is 0 Å². The van der Waals surface area contributed by atoms with Crippen LogP contribution < -0.4 is 35.9 Å². The van der Waals surface area contributed by atoms with Crippen LogP contribution in [0.4, 0.5) is 5.82 Å². The number of phosphoric ester groups is 3. The Balaban J connectivity index is 1.61. The average Bonchev–Trinajstić information content (AvgIpc) is 3.54. The minimum Gasteiger partial charge on any atom is -0.790 e. The molecule has 0 saturated carbocycles. The van der Waals surface area contributed by atoms with Crippen LogP contribution in [0.25, 0.3) is 11.2 Å². The van der Waals surface area contributed by atoms with E-state index in [-0.39, 0.29) is 48.7 Å². The van der Waals surface area contributed by atoms with Gasteiger partial charge in [0.2, 0.25) is 11.8 Å². The van der Waals surface area contributed by atoms with Crippen molar-refractivity contribution in [3.05, 3.63) is 12.7 Å². The van der Waals surface area contributed by atoms with Crippen LogP contribution >= 0.6 is 23.5 Å². The van der Waals surface area contributed by atoms with Crippen LogP contribution in [-0.2, 0) is 56.4 Å². The Morgan fingerprint density at radius 3 is 2.33 bits per heavy atom. The fourth-order valence-electron chi connectivity index (χ4n) is 4.61. The van der Waals surface area contributed by atoms with Crippen LogP contribution in [0.2, 0.25) is 0 Å². The Bertz CT molecular complexity index is 1740. The standard InChI is InChI=1S/C24H40N7O17P3/c1-13(32)5-7-26-15(33)6-8-27-22(36)19(35)23(2,3)10-45-51(42,43)48-50(40,41)44-9-14-17(47-49(37,38)39)18(34)24(4,46-14)31-12-30-16-20(25)28-11-29-21(16)31/h11-12,14,17-19,34-35H,5-10H2,1-4H3,(H,26,33)(H,27,36)(H,40,41)(H,42,43)(H2,25,28,29)(H2,37,38,39)/p-4. The van der Waals surface area contributed by atoms with Crippen LogP contribution in [0.3, 0.4) is 0 Å². The first-order valence-electron chi connectivity index (χ1n) is 14.7. The van der Waals surface area contributed by atoms with Gasteiger partial charge in [-0.05, 0) is 13.8 Å². The molecule has 288 valence electrons. The van der Waals surface area contributed by atoms with Crippen LogP contribution in [0.5, 0.6) is 0 Å². The lowest BCUT2D eigenvalue weighted by molar-refractivity contribution is -0.347. The normalized spacial score (nSPS) is 24.1. The summed E-state index contributed by atoms with van der Waals surface area (Å²) in [5.74, 6) is -1.73. The SMILES string of the molecule is CC(=O)CCNC(=O)CCNC(=O)C(O)C(C)(C)COP(=O)([O-])OP(=O)([O-])OCC1OC(C)(n2cnc3c(N)ncnc32)C(O)C1OP(=O)([O-])[O-]. The third-order valence-corrected chi connectivity index (χ3v) is 10.4. The number of hydrogen-bond acceptors (Lipinski definition) is 21. The number of phosphoric acid groups is 3. The number of aromatic nitrogens is 4.